The van der Waals surface area contributed by atoms with E-state index in [4.69, 9.17) is 15.9 Å². The van der Waals surface area contributed by atoms with E-state index in [-0.39, 0.29) is 6.42 Å². The fourth-order valence-corrected chi connectivity index (χ4v) is 1.76. The fraction of sp³-hybridized carbons (Fsp3) is 0.412. The van der Waals surface area contributed by atoms with Crippen molar-refractivity contribution < 1.29 is 19.1 Å². The first-order chi connectivity index (χ1) is 10.2. The van der Waals surface area contributed by atoms with E-state index in [1.807, 2.05) is 18.1 Å². The molecule has 0 heterocycles. The number of carbonyl (C=O) groups excluding carboxylic acids is 2. The molecule has 118 valence electrons. The van der Waals surface area contributed by atoms with E-state index in [0.29, 0.717) is 5.75 Å². The minimum atomic E-state index is -0.826. The van der Waals surface area contributed by atoms with E-state index in [2.05, 4.69) is 5.32 Å². The fourth-order valence-electron chi connectivity index (χ4n) is 1.76. The molecule has 0 radical (unpaired) electrons. The second-order valence-electron chi connectivity index (χ2n) is 5.76. The lowest BCUT2D eigenvalue weighted by Crippen LogP contribution is -2.44. The molecule has 0 fully saturated rings. The second kappa shape index (κ2) is 7.51. The number of rotatable bonds is 5. The van der Waals surface area contributed by atoms with Crippen molar-refractivity contribution in [3.8, 4) is 18.1 Å². The first-order valence-electron chi connectivity index (χ1n) is 6.88. The van der Waals surface area contributed by atoms with Crippen LogP contribution in [0.2, 0.25) is 0 Å². The summed E-state index contributed by atoms with van der Waals surface area (Å²) in [5.74, 6) is 2.26. The number of nitrogens with one attached hydrogen (secondary N) is 1. The van der Waals surface area contributed by atoms with Gasteiger partial charge in [-0.25, -0.2) is 4.79 Å². The summed E-state index contributed by atoms with van der Waals surface area (Å²) in [6.07, 6.45) is 4.78. The highest BCUT2D eigenvalue weighted by Gasteiger charge is 2.23. The lowest BCUT2D eigenvalue weighted by molar-refractivity contribution is -0.115. The zero-order valence-corrected chi connectivity index (χ0v) is 13.3. The topological polar surface area (TPSA) is 64.6 Å². The summed E-state index contributed by atoms with van der Waals surface area (Å²) in [7, 11) is 1.57. The molecule has 0 saturated carbocycles. The average molecular weight is 303 g/mol. The molecule has 1 aromatic rings. The molecule has 0 spiro atoms. The lowest BCUT2D eigenvalue weighted by Gasteiger charge is -2.22. The molecule has 1 unspecified atom stereocenters. The van der Waals surface area contributed by atoms with Gasteiger partial charge in [-0.15, -0.1) is 6.42 Å². The number of terminal acetylenes is 1. The number of benzene rings is 1. The van der Waals surface area contributed by atoms with Gasteiger partial charge in [0, 0.05) is 6.42 Å². The molecule has 0 bridgehead atoms. The molecular formula is C17H21NO4. The zero-order chi connectivity index (χ0) is 16.8. The van der Waals surface area contributed by atoms with Crippen molar-refractivity contribution in [3.63, 3.8) is 0 Å². The summed E-state index contributed by atoms with van der Waals surface area (Å²) in [5.41, 5.74) is 0.207. The third kappa shape index (κ3) is 5.88. The van der Waals surface area contributed by atoms with Crippen LogP contribution in [0, 0.1) is 12.3 Å². The maximum absolute atomic E-state index is 11.8. The maximum Gasteiger partial charge on any atom is 0.408 e. The van der Waals surface area contributed by atoms with Gasteiger partial charge in [0.05, 0.1) is 7.11 Å². The second-order valence-corrected chi connectivity index (χ2v) is 5.76. The van der Waals surface area contributed by atoms with Crippen molar-refractivity contribution in [2.75, 3.05) is 7.11 Å². The van der Waals surface area contributed by atoms with Crippen LogP contribution in [0.4, 0.5) is 4.79 Å². The Labute approximate surface area is 131 Å². The molecule has 0 saturated heterocycles. The van der Waals surface area contributed by atoms with E-state index < -0.39 is 23.5 Å². The van der Waals surface area contributed by atoms with Gasteiger partial charge in [-0.05, 0) is 44.4 Å². The number of ether oxygens (including phenoxy) is 2. The molecule has 22 heavy (non-hydrogen) atoms. The third-order valence-electron chi connectivity index (χ3n) is 2.75. The average Bonchev–Trinajstić information content (AvgIpc) is 2.44. The first-order valence-corrected chi connectivity index (χ1v) is 6.88. The van der Waals surface area contributed by atoms with Crippen LogP contribution in [0.5, 0.6) is 5.75 Å². The largest absolute Gasteiger partial charge is 0.497 e. The zero-order valence-electron chi connectivity index (χ0n) is 13.3. The Morgan fingerprint density at radius 1 is 1.27 bits per heavy atom. The van der Waals surface area contributed by atoms with Gasteiger partial charge in [0.2, 0.25) is 5.78 Å². The van der Waals surface area contributed by atoms with Crippen LogP contribution in [0.25, 0.3) is 0 Å². The monoisotopic (exact) mass is 303 g/mol. The molecule has 1 N–H and O–H groups in total. The molecule has 5 nitrogen and oxygen atoms in total. The highest BCUT2D eigenvalue weighted by atomic mass is 16.6. The number of ketones is 1. The highest BCUT2D eigenvalue weighted by Crippen LogP contribution is 2.13. The predicted molar refractivity (Wildman–Crippen MR) is 83.7 cm³/mol. The van der Waals surface area contributed by atoms with Crippen LogP contribution in [0.1, 0.15) is 26.3 Å². The van der Waals surface area contributed by atoms with Gasteiger partial charge >= 0.3 is 6.09 Å². The standard InChI is InChI=1S/C17H21NO4/c1-6-15(19)14(18-16(20)22-17(2,3)4)11-12-7-9-13(21-5)10-8-12/h1,7-10,14H,11H2,2-5H3,(H,18,20). The molecule has 0 aromatic heterocycles. The maximum atomic E-state index is 11.8. The van der Waals surface area contributed by atoms with Gasteiger partial charge in [0.1, 0.15) is 17.4 Å². The molecular weight excluding hydrogens is 282 g/mol. The van der Waals surface area contributed by atoms with Gasteiger partial charge in [0.15, 0.2) is 0 Å². The molecule has 0 aliphatic heterocycles. The lowest BCUT2D eigenvalue weighted by atomic mass is 10.0. The Kier molecular flexibility index (Phi) is 6.00. The molecule has 0 aliphatic carbocycles. The van der Waals surface area contributed by atoms with Gasteiger partial charge in [-0.2, -0.15) is 0 Å². The number of hydrogen-bond donors (Lipinski definition) is 1. The van der Waals surface area contributed by atoms with E-state index in [1.165, 1.54) is 0 Å². The van der Waals surface area contributed by atoms with E-state index in [9.17, 15) is 9.59 Å². The van der Waals surface area contributed by atoms with Crippen LogP contribution < -0.4 is 10.1 Å². The SMILES string of the molecule is C#CC(=O)C(Cc1ccc(OC)cc1)NC(=O)OC(C)(C)C. The van der Waals surface area contributed by atoms with Crippen LogP contribution in [0.15, 0.2) is 24.3 Å². The normalized spacial score (nSPS) is 12.0. The molecule has 1 aromatic carbocycles. The van der Waals surface area contributed by atoms with Gasteiger partial charge in [0.25, 0.3) is 0 Å². The number of methoxy groups -OCH3 is 1. The number of carbonyl (C=O) groups is 2. The minimum Gasteiger partial charge on any atom is -0.497 e. The number of alkyl carbamates (subject to hydrolysis) is 1. The predicted octanol–water partition coefficient (Wildman–Crippen LogP) is 2.33. The van der Waals surface area contributed by atoms with Crippen LogP contribution in [-0.4, -0.2) is 30.6 Å². The molecule has 1 amide bonds. The number of Topliss-reactive ketones (excluding diaryl/α,β-unsaturated/α-hetero) is 1. The van der Waals surface area contributed by atoms with Gasteiger partial charge in [-0.1, -0.05) is 12.1 Å². The molecule has 1 atom stereocenters. The van der Waals surface area contributed by atoms with E-state index in [1.54, 1.807) is 40.0 Å². The minimum absolute atomic E-state index is 0.284. The van der Waals surface area contributed by atoms with E-state index in [0.717, 1.165) is 5.56 Å². The first kappa shape index (κ1) is 17.6. The summed E-state index contributed by atoms with van der Waals surface area (Å²) < 4.78 is 10.2. The summed E-state index contributed by atoms with van der Waals surface area (Å²) in [6, 6.07) is 6.35. The van der Waals surface area contributed by atoms with Crippen molar-refractivity contribution in [3.05, 3.63) is 29.8 Å². The van der Waals surface area contributed by atoms with E-state index >= 15 is 0 Å². The Hall–Kier alpha value is -2.48. The smallest absolute Gasteiger partial charge is 0.408 e. The van der Waals surface area contributed by atoms with Crippen molar-refractivity contribution in [2.24, 2.45) is 0 Å². The third-order valence-corrected chi connectivity index (χ3v) is 2.75. The summed E-state index contributed by atoms with van der Waals surface area (Å²) in [4.78, 5) is 23.6. The number of hydrogen-bond acceptors (Lipinski definition) is 4. The van der Waals surface area contributed by atoms with Gasteiger partial charge < -0.3 is 14.8 Å². The highest BCUT2D eigenvalue weighted by molar-refractivity contribution is 6.00. The van der Waals surface area contributed by atoms with Crippen molar-refractivity contribution in [1.29, 1.82) is 0 Å². The Balaban J connectivity index is 2.78. The van der Waals surface area contributed by atoms with Crippen LogP contribution in [-0.2, 0) is 16.0 Å². The Bertz CT molecular complexity index is 564. The summed E-state index contributed by atoms with van der Waals surface area (Å²) in [5, 5.41) is 2.52. The van der Waals surface area contributed by atoms with Crippen LogP contribution in [0.3, 0.4) is 0 Å². The molecule has 0 aliphatic rings. The molecule has 1 rings (SSSR count). The molecule has 5 heteroatoms. The van der Waals surface area contributed by atoms with Gasteiger partial charge in [-0.3, -0.25) is 4.79 Å². The Morgan fingerprint density at radius 2 is 1.86 bits per heavy atom. The quantitative estimate of drug-likeness (QED) is 0.670. The Morgan fingerprint density at radius 3 is 2.32 bits per heavy atom. The van der Waals surface area contributed by atoms with Crippen molar-refractivity contribution >= 4 is 11.9 Å². The van der Waals surface area contributed by atoms with Crippen molar-refractivity contribution in [1.82, 2.24) is 5.32 Å². The van der Waals surface area contributed by atoms with Crippen LogP contribution >= 0.6 is 0 Å². The summed E-state index contributed by atoms with van der Waals surface area (Å²) >= 11 is 0. The summed E-state index contributed by atoms with van der Waals surface area (Å²) in [6.45, 7) is 5.23. The van der Waals surface area contributed by atoms with Crippen molar-refractivity contribution in [2.45, 2.75) is 38.8 Å². The number of amides is 1.